The van der Waals surface area contributed by atoms with Crippen LogP contribution < -0.4 is 10.1 Å². The summed E-state index contributed by atoms with van der Waals surface area (Å²) in [6.45, 7) is 5.54. The molecule has 0 unspecified atom stereocenters. The Hall–Kier alpha value is -1.91. The zero-order chi connectivity index (χ0) is 13.8. The van der Waals surface area contributed by atoms with Crippen molar-refractivity contribution in [2.24, 2.45) is 0 Å². The van der Waals surface area contributed by atoms with E-state index < -0.39 is 11.7 Å². The van der Waals surface area contributed by atoms with Crippen molar-refractivity contribution < 1.29 is 19.4 Å². The lowest BCUT2D eigenvalue weighted by Gasteiger charge is -2.19. The van der Waals surface area contributed by atoms with Gasteiger partial charge in [-0.2, -0.15) is 0 Å². The molecule has 0 atom stereocenters. The first kappa shape index (κ1) is 14.2. The molecule has 100 valence electrons. The van der Waals surface area contributed by atoms with Crippen LogP contribution in [0.15, 0.2) is 18.2 Å². The van der Waals surface area contributed by atoms with Gasteiger partial charge in [0.15, 0.2) is 11.5 Å². The van der Waals surface area contributed by atoms with Crippen LogP contribution >= 0.6 is 0 Å². The summed E-state index contributed by atoms with van der Waals surface area (Å²) >= 11 is 0. The number of methoxy groups -OCH3 is 1. The molecule has 0 heterocycles. The first-order valence-corrected chi connectivity index (χ1v) is 5.65. The summed E-state index contributed by atoms with van der Waals surface area (Å²) < 4.78 is 10.1. The molecule has 0 radical (unpaired) electrons. The molecule has 18 heavy (non-hydrogen) atoms. The highest BCUT2D eigenvalue weighted by atomic mass is 16.6. The molecule has 5 heteroatoms. The average molecular weight is 253 g/mol. The number of rotatable bonds is 3. The Labute approximate surface area is 107 Å². The minimum absolute atomic E-state index is 0.0241. The smallest absolute Gasteiger partial charge is 0.407 e. The van der Waals surface area contributed by atoms with Crippen LogP contribution in [0, 0.1) is 0 Å². The Kier molecular flexibility index (Phi) is 4.42. The van der Waals surface area contributed by atoms with Crippen LogP contribution in [-0.2, 0) is 11.3 Å². The lowest BCUT2D eigenvalue weighted by atomic mass is 10.2. The zero-order valence-corrected chi connectivity index (χ0v) is 11.1. The first-order valence-electron chi connectivity index (χ1n) is 5.65. The van der Waals surface area contributed by atoms with Gasteiger partial charge in [0, 0.05) is 12.1 Å². The predicted octanol–water partition coefficient (Wildman–Crippen LogP) is 2.43. The zero-order valence-electron chi connectivity index (χ0n) is 11.1. The van der Waals surface area contributed by atoms with Gasteiger partial charge in [0.2, 0.25) is 0 Å². The van der Waals surface area contributed by atoms with E-state index in [0.717, 1.165) is 0 Å². The Bertz CT molecular complexity index is 423. The quantitative estimate of drug-likeness (QED) is 0.868. The molecule has 0 aliphatic heterocycles. The van der Waals surface area contributed by atoms with Gasteiger partial charge in [-0.3, -0.25) is 0 Å². The number of hydrogen-bond acceptors (Lipinski definition) is 4. The van der Waals surface area contributed by atoms with Crippen molar-refractivity contribution >= 4 is 6.09 Å². The number of phenols is 1. The van der Waals surface area contributed by atoms with Gasteiger partial charge in [-0.05, 0) is 26.8 Å². The number of hydrogen-bond donors (Lipinski definition) is 2. The molecule has 1 aromatic rings. The third-order valence-electron chi connectivity index (χ3n) is 2.12. The van der Waals surface area contributed by atoms with Crippen LogP contribution in [-0.4, -0.2) is 23.9 Å². The number of alkyl carbamates (subject to hydrolysis) is 1. The van der Waals surface area contributed by atoms with Crippen LogP contribution in [0.5, 0.6) is 11.5 Å². The van der Waals surface area contributed by atoms with Crippen LogP contribution in [0.1, 0.15) is 26.3 Å². The van der Waals surface area contributed by atoms with Crippen molar-refractivity contribution in [3.63, 3.8) is 0 Å². The summed E-state index contributed by atoms with van der Waals surface area (Å²) in [5.41, 5.74) is 0.0285. The topological polar surface area (TPSA) is 67.8 Å². The lowest BCUT2D eigenvalue weighted by Crippen LogP contribution is -2.32. The third-order valence-corrected chi connectivity index (χ3v) is 2.12. The Morgan fingerprint density at radius 2 is 2.06 bits per heavy atom. The van der Waals surface area contributed by atoms with E-state index >= 15 is 0 Å². The SMILES string of the molecule is COc1cccc(CNC(=O)OC(C)(C)C)c1O. The second-order valence-electron chi connectivity index (χ2n) is 4.82. The molecule has 0 saturated carbocycles. The normalized spacial score (nSPS) is 10.9. The molecule has 0 bridgehead atoms. The van der Waals surface area contributed by atoms with Crippen molar-refractivity contribution in [3.05, 3.63) is 23.8 Å². The van der Waals surface area contributed by atoms with E-state index in [1.807, 2.05) is 0 Å². The largest absolute Gasteiger partial charge is 0.504 e. The Morgan fingerprint density at radius 1 is 1.39 bits per heavy atom. The number of ether oxygens (including phenoxy) is 2. The van der Waals surface area contributed by atoms with Gasteiger partial charge in [-0.15, -0.1) is 0 Å². The molecular formula is C13H19NO4. The number of benzene rings is 1. The molecule has 1 rings (SSSR count). The third kappa shape index (κ3) is 4.16. The van der Waals surface area contributed by atoms with Crippen molar-refractivity contribution in [3.8, 4) is 11.5 Å². The molecule has 1 amide bonds. The summed E-state index contributed by atoms with van der Waals surface area (Å²) in [6.07, 6.45) is -0.523. The monoisotopic (exact) mass is 253 g/mol. The summed E-state index contributed by atoms with van der Waals surface area (Å²) in [7, 11) is 1.47. The molecule has 0 aliphatic rings. The van der Waals surface area contributed by atoms with Gasteiger partial charge < -0.3 is 19.9 Å². The number of aromatic hydroxyl groups is 1. The Morgan fingerprint density at radius 3 is 2.61 bits per heavy atom. The predicted molar refractivity (Wildman–Crippen MR) is 67.7 cm³/mol. The number of para-hydroxylation sites is 1. The lowest BCUT2D eigenvalue weighted by molar-refractivity contribution is 0.0523. The van der Waals surface area contributed by atoms with Gasteiger partial charge in [0.25, 0.3) is 0 Å². The highest BCUT2D eigenvalue weighted by molar-refractivity contribution is 5.68. The second-order valence-corrected chi connectivity index (χ2v) is 4.82. The summed E-state index contributed by atoms with van der Waals surface area (Å²) in [4.78, 5) is 11.5. The second kappa shape index (κ2) is 5.62. The van der Waals surface area contributed by atoms with E-state index in [0.29, 0.717) is 11.3 Å². The van der Waals surface area contributed by atoms with Gasteiger partial charge >= 0.3 is 6.09 Å². The van der Waals surface area contributed by atoms with Crippen LogP contribution in [0.4, 0.5) is 4.79 Å². The molecule has 0 fully saturated rings. The number of phenolic OH excluding ortho intramolecular Hbond substituents is 1. The van der Waals surface area contributed by atoms with E-state index in [-0.39, 0.29) is 12.3 Å². The van der Waals surface area contributed by atoms with Gasteiger partial charge in [0.1, 0.15) is 5.60 Å². The molecular weight excluding hydrogens is 234 g/mol. The Balaban J connectivity index is 2.61. The van der Waals surface area contributed by atoms with Crippen molar-refractivity contribution in [2.45, 2.75) is 32.9 Å². The van der Waals surface area contributed by atoms with E-state index in [2.05, 4.69) is 5.32 Å². The van der Waals surface area contributed by atoms with E-state index in [1.54, 1.807) is 39.0 Å². The van der Waals surface area contributed by atoms with E-state index in [4.69, 9.17) is 9.47 Å². The van der Waals surface area contributed by atoms with Crippen LogP contribution in [0.3, 0.4) is 0 Å². The molecule has 5 nitrogen and oxygen atoms in total. The fraction of sp³-hybridized carbons (Fsp3) is 0.462. The maximum Gasteiger partial charge on any atom is 0.407 e. The number of amides is 1. The average Bonchev–Trinajstić information content (AvgIpc) is 2.25. The van der Waals surface area contributed by atoms with Gasteiger partial charge in [0.05, 0.1) is 7.11 Å². The van der Waals surface area contributed by atoms with Crippen molar-refractivity contribution in [1.29, 1.82) is 0 Å². The fourth-order valence-corrected chi connectivity index (χ4v) is 1.36. The fourth-order valence-electron chi connectivity index (χ4n) is 1.36. The molecule has 0 aliphatic carbocycles. The van der Waals surface area contributed by atoms with Crippen molar-refractivity contribution in [1.82, 2.24) is 5.32 Å². The highest BCUT2D eigenvalue weighted by Gasteiger charge is 2.16. The molecule has 1 aromatic carbocycles. The number of carbonyl (C=O) groups is 1. The number of carbonyl (C=O) groups excluding carboxylic acids is 1. The molecule has 2 N–H and O–H groups in total. The molecule has 0 spiro atoms. The highest BCUT2D eigenvalue weighted by Crippen LogP contribution is 2.29. The standard InChI is InChI=1S/C13H19NO4/c1-13(2,3)18-12(16)14-8-9-6-5-7-10(17-4)11(9)15/h5-7,15H,8H2,1-4H3,(H,14,16). The van der Waals surface area contributed by atoms with Gasteiger partial charge in [-0.25, -0.2) is 4.79 Å². The minimum atomic E-state index is -0.541. The number of nitrogens with one attached hydrogen (secondary N) is 1. The molecule has 0 aromatic heterocycles. The maximum absolute atomic E-state index is 11.5. The van der Waals surface area contributed by atoms with Crippen LogP contribution in [0.25, 0.3) is 0 Å². The summed E-state index contributed by atoms with van der Waals surface area (Å²) in [5.74, 6) is 0.398. The van der Waals surface area contributed by atoms with Crippen molar-refractivity contribution in [2.75, 3.05) is 7.11 Å². The summed E-state index contributed by atoms with van der Waals surface area (Å²) in [5, 5.41) is 12.4. The van der Waals surface area contributed by atoms with E-state index in [9.17, 15) is 9.90 Å². The van der Waals surface area contributed by atoms with E-state index in [1.165, 1.54) is 7.11 Å². The summed E-state index contributed by atoms with van der Waals surface area (Å²) in [6, 6.07) is 5.09. The minimum Gasteiger partial charge on any atom is -0.504 e. The first-order chi connectivity index (χ1) is 8.33. The van der Waals surface area contributed by atoms with Gasteiger partial charge in [-0.1, -0.05) is 12.1 Å². The maximum atomic E-state index is 11.5. The van der Waals surface area contributed by atoms with Crippen LogP contribution in [0.2, 0.25) is 0 Å². The molecule has 0 saturated heterocycles.